The van der Waals surface area contributed by atoms with Crippen molar-refractivity contribution in [2.24, 2.45) is 0 Å². The molecule has 0 radical (unpaired) electrons. The molecule has 0 aliphatic heterocycles. The molecule has 3 aromatic rings. The zero-order valence-electron chi connectivity index (χ0n) is 14.2. The highest BCUT2D eigenvalue weighted by molar-refractivity contribution is 7.99. The summed E-state index contributed by atoms with van der Waals surface area (Å²) in [4.78, 5) is 16.5. The van der Waals surface area contributed by atoms with E-state index in [0.29, 0.717) is 11.6 Å². The van der Waals surface area contributed by atoms with Crippen LogP contribution in [0.4, 0.5) is 0 Å². The van der Waals surface area contributed by atoms with Gasteiger partial charge in [0.25, 0.3) is 0 Å². The molecule has 0 fully saturated rings. The molecular weight excluding hydrogens is 370 g/mol. The summed E-state index contributed by atoms with van der Waals surface area (Å²) in [6.07, 6.45) is 3.55. The summed E-state index contributed by atoms with van der Waals surface area (Å²) in [6.45, 7) is 0.423. The molecule has 1 heterocycles. The van der Waals surface area contributed by atoms with E-state index in [2.05, 4.69) is 10.3 Å². The minimum absolute atomic E-state index is 0.0680. The number of thioether (sulfide) groups is 1. The summed E-state index contributed by atoms with van der Waals surface area (Å²) >= 11 is 7.42. The highest BCUT2D eigenvalue weighted by Gasteiger charge is 2.10. The third-order valence-electron chi connectivity index (χ3n) is 3.69. The van der Waals surface area contributed by atoms with Crippen molar-refractivity contribution in [3.63, 3.8) is 0 Å². The fourth-order valence-corrected chi connectivity index (χ4v) is 3.43. The maximum absolute atomic E-state index is 12.2. The number of hydrogen-bond acceptors (Lipinski definition) is 4. The van der Waals surface area contributed by atoms with Gasteiger partial charge in [-0.2, -0.15) is 0 Å². The lowest BCUT2D eigenvalue weighted by molar-refractivity contribution is -0.118. The van der Waals surface area contributed by atoms with Gasteiger partial charge in [0.05, 0.1) is 12.9 Å². The van der Waals surface area contributed by atoms with Gasteiger partial charge in [-0.25, -0.2) is 4.98 Å². The summed E-state index contributed by atoms with van der Waals surface area (Å²) in [5.41, 5.74) is 1.85. The van der Waals surface area contributed by atoms with Gasteiger partial charge < -0.3 is 10.1 Å². The third kappa shape index (κ3) is 4.59. The Labute approximate surface area is 161 Å². The smallest absolute Gasteiger partial charge is 0.230 e. The number of amides is 1. The number of benzene rings is 2. The van der Waals surface area contributed by atoms with Gasteiger partial charge in [0, 0.05) is 35.2 Å². The lowest BCUT2D eigenvalue weighted by Crippen LogP contribution is -2.25. The van der Waals surface area contributed by atoms with E-state index in [-0.39, 0.29) is 11.7 Å². The molecule has 134 valence electrons. The standard InChI is InChI=1S/C19H18ClN3O2S/c1-25-17-8-3-2-5-14(17)12-22-18(24)13-26-19-21-9-10-23(19)16-7-4-6-15(20)11-16/h2-11H,12-13H2,1H3,(H,22,24). The second-order valence-electron chi connectivity index (χ2n) is 5.44. The zero-order chi connectivity index (χ0) is 18.4. The van der Waals surface area contributed by atoms with Crippen LogP contribution in [0.25, 0.3) is 5.69 Å². The molecule has 0 unspecified atom stereocenters. The van der Waals surface area contributed by atoms with Crippen molar-refractivity contribution in [2.45, 2.75) is 11.7 Å². The van der Waals surface area contributed by atoms with Gasteiger partial charge in [-0.3, -0.25) is 9.36 Å². The minimum atomic E-state index is -0.0680. The molecule has 0 saturated carbocycles. The van der Waals surface area contributed by atoms with Gasteiger partial charge in [-0.05, 0) is 24.3 Å². The fraction of sp³-hybridized carbons (Fsp3) is 0.158. The number of hydrogen-bond donors (Lipinski definition) is 1. The summed E-state index contributed by atoms with van der Waals surface area (Å²) in [7, 11) is 1.62. The van der Waals surface area contributed by atoms with Crippen LogP contribution in [-0.2, 0) is 11.3 Å². The molecule has 0 atom stereocenters. The Morgan fingerprint density at radius 1 is 1.27 bits per heavy atom. The zero-order valence-corrected chi connectivity index (χ0v) is 15.8. The SMILES string of the molecule is COc1ccccc1CNC(=O)CSc1nccn1-c1cccc(Cl)c1. The molecule has 2 aromatic carbocycles. The second-order valence-corrected chi connectivity index (χ2v) is 6.82. The van der Waals surface area contributed by atoms with Gasteiger partial charge in [0.15, 0.2) is 5.16 Å². The molecule has 26 heavy (non-hydrogen) atoms. The minimum Gasteiger partial charge on any atom is -0.496 e. The normalized spacial score (nSPS) is 10.5. The van der Waals surface area contributed by atoms with E-state index in [1.807, 2.05) is 59.3 Å². The van der Waals surface area contributed by atoms with Gasteiger partial charge in [0.1, 0.15) is 5.75 Å². The third-order valence-corrected chi connectivity index (χ3v) is 4.90. The van der Waals surface area contributed by atoms with Gasteiger partial charge >= 0.3 is 0 Å². The quantitative estimate of drug-likeness (QED) is 0.624. The van der Waals surface area contributed by atoms with Gasteiger partial charge in [0.2, 0.25) is 5.91 Å². The number of imidazole rings is 1. The molecular formula is C19H18ClN3O2S. The van der Waals surface area contributed by atoms with E-state index in [1.54, 1.807) is 13.3 Å². The van der Waals surface area contributed by atoms with E-state index >= 15 is 0 Å². The van der Waals surface area contributed by atoms with Gasteiger partial charge in [-0.15, -0.1) is 0 Å². The predicted molar refractivity (Wildman–Crippen MR) is 104 cm³/mol. The maximum atomic E-state index is 12.2. The Bertz CT molecular complexity index is 898. The molecule has 3 rings (SSSR count). The highest BCUT2D eigenvalue weighted by Crippen LogP contribution is 2.22. The van der Waals surface area contributed by atoms with Crippen LogP contribution >= 0.6 is 23.4 Å². The number of nitrogens with zero attached hydrogens (tertiary/aromatic N) is 2. The van der Waals surface area contributed by atoms with E-state index < -0.39 is 0 Å². The van der Waals surface area contributed by atoms with Crippen LogP contribution in [0.1, 0.15) is 5.56 Å². The lowest BCUT2D eigenvalue weighted by Gasteiger charge is -2.10. The van der Waals surface area contributed by atoms with Crippen molar-refractivity contribution in [1.29, 1.82) is 0 Å². The average Bonchev–Trinajstić information content (AvgIpc) is 3.13. The van der Waals surface area contributed by atoms with E-state index in [0.717, 1.165) is 22.2 Å². The number of methoxy groups -OCH3 is 1. The number of nitrogens with one attached hydrogen (secondary N) is 1. The molecule has 1 amide bonds. The summed E-state index contributed by atoms with van der Waals surface area (Å²) in [5.74, 6) is 0.964. The van der Waals surface area contributed by atoms with Crippen molar-refractivity contribution in [2.75, 3.05) is 12.9 Å². The molecule has 0 aliphatic rings. The highest BCUT2D eigenvalue weighted by atomic mass is 35.5. The Kier molecular flexibility index (Phi) is 6.20. The van der Waals surface area contributed by atoms with Crippen molar-refractivity contribution in [3.05, 3.63) is 71.5 Å². The van der Waals surface area contributed by atoms with Gasteiger partial charge in [-0.1, -0.05) is 47.6 Å². The number of ether oxygens (including phenoxy) is 1. The largest absolute Gasteiger partial charge is 0.496 e. The molecule has 7 heteroatoms. The Morgan fingerprint density at radius 2 is 2.12 bits per heavy atom. The van der Waals surface area contributed by atoms with E-state index in [1.165, 1.54) is 11.8 Å². The fourth-order valence-electron chi connectivity index (χ4n) is 2.44. The van der Waals surface area contributed by atoms with Crippen molar-refractivity contribution in [1.82, 2.24) is 14.9 Å². The van der Waals surface area contributed by atoms with Crippen LogP contribution in [0.5, 0.6) is 5.75 Å². The first-order valence-electron chi connectivity index (χ1n) is 7.98. The van der Waals surface area contributed by atoms with E-state index in [9.17, 15) is 4.79 Å². The molecule has 0 saturated heterocycles. The molecule has 0 bridgehead atoms. The first kappa shape index (κ1) is 18.4. The molecule has 1 aromatic heterocycles. The number of carbonyl (C=O) groups is 1. The summed E-state index contributed by atoms with van der Waals surface area (Å²) in [5, 5.41) is 4.30. The van der Waals surface area contributed by atoms with Crippen molar-refractivity contribution >= 4 is 29.3 Å². The topological polar surface area (TPSA) is 56.1 Å². The summed E-state index contributed by atoms with van der Waals surface area (Å²) in [6, 6.07) is 15.1. The first-order valence-corrected chi connectivity index (χ1v) is 9.34. The average molecular weight is 388 g/mol. The van der Waals surface area contributed by atoms with Crippen molar-refractivity contribution in [3.8, 4) is 11.4 Å². The number of para-hydroxylation sites is 1. The predicted octanol–water partition coefficient (Wildman–Crippen LogP) is 3.94. The molecule has 1 N–H and O–H groups in total. The van der Waals surface area contributed by atoms with E-state index in [4.69, 9.17) is 16.3 Å². The van der Waals surface area contributed by atoms with Crippen molar-refractivity contribution < 1.29 is 9.53 Å². The molecule has 5 nitrogen and oxygen atoms in total. The Hall–Kier alpha value is -2.44. The monoisotopic (exact) mass is 387 g/mol. The van der Waals surface area contributed by atoms with Crippen LogP contribution in [0.2, 0.25) is 5.02 Å². The van der Waals surface area contributed by atoms with Crippen LogP contribution in [0.3, 0.4) is 0 Å². The van der Waals surface area contributed by atoms with Crippen LogP contribution in [-0.4, -0.2) is 28.3 Å². The Balaban J connectivity index is 1.58. The maximum Gasteiger partial charge on any atom is 0.230 e. The lowest BCUT2D eigenvalue weighted by atomic mass is 10.2. The number of carbonyl (C=O) groups excluding carboxylic acids is 1. The number of halogens is 1. The second kappa shape index (κ2) is 8.78. The number of aromatic nitrogens is 2. The van der Waals surface area contributed by atoms with Crippen LogP contribution < -0.4 is 10.1 Å². The van der Waals surface area contributed by atoms with Crippen LogP contribution in [0.15, 0.2) is 66.1 Å². The van der Waals surface area contributed by atoms with Crippen LogP contribution in [0, 0.1) is 0 Å². The number of rotatable bonds is 7. The molecule has 0 aliphatic carbocycles. The summed E-state index contributed by atoms with van der Waals surface area (Å²) < 4.78 is 7.20. The molecule has 0 spiro atoms. The first-order chi connectivity index (χ1) is 12.7. The Morgan fingerprint density at radius 3 is 2.92 bits per heavy atom.